The molecule has 0 radical (unpaired) electrons. The highest BCUT2D eigenvalue weighted by molar-refractivity contribution is 6.25. The van der Waals surface area contributed by atoms with Gasteiger partial charge in [0.2, 0.25) is 0 Å². The molecule has 2 heterocycles. The monoisotopic (exact) mass is 492 g/mol. The van der Waals surface area contributed by atoms with Crippen LogP contribution in [-0.4, -0.2) is 71.7 Å². The van der Waals surface area contributed by atoms with E-state index in [0.29, 0.717) is 42.2 Å². The molecule has 3 atom stereocenters. The Kier molecular flexibility index (Phi) is 7.21. The molecule has 2 aromatic carbocycles. The predicted octanol–water partition coefficient (Wildman–Crippen LogP) is 4.74. The van der Waals surface area contributed by atoms with Crippen LogP contribution in [0, 0.1) is 17.3 Å². The maximum atomic E-state index is 13.2. The zero-order valence-electron chi connectivity index (χ0n) is 21.9. The lowest BCUT2D eigenvalue weighted by Gasteiger charge is -2.39. The van der Waals surface area contributed by atoms with Crippen molar-refractivity contribution >= 4 is 22.6 Å². The third kappa shape index (κ3) is 5.36. The van der Waals surface area contributed by atoms with Crippen LogP contribution in [0.25, 0.3) is 10.8 Å². The van der Waals surface area contributed by atoms with Crippen LogP contribution in [0.3, 0.4) is 0 Å². The van der Waals surface area contributed by atoms with Gasteiger partial charge in [-0.2, -0.15) is 0 Å². The predicted molar refractivity (Wildman–Crippen MR) is 141 cm³/mol. The molecule has 6 heteroatoms. The Balaban J connectivity index is 1.11. The lowest BCUT2D eigenvalue weighted by molar-refractivity contribution is -0.0628. The van der Waals surface area contributed by atoms with Gasteiger partial charge < -0.3 is 14.7 Å². The summed E-state index contributed by atoms with van der Waals surface area (Å²) in [4.78, 5) is 30.2. The molecule has 2 aromatic rings. The first-order valence-electron chi connectivity index (χ1n) is 13.6. The van der Waals surface area contributed by atoms with Crippen molar-refractivity contribution in [3.05, 3.63) is 47.5 Å². The SMILES string of the molecule is C[C@H]1C[C@@H](OC[C@H](O)CN2CCC(CN3C(=O)c4cccc5cccc(c45)C3=O)CC2)CC(C)(C)C1. The summed E-state index contributed by atoms with van der Waals surface area (Å²) < 4.78 is 6.13. The quantitative estimate of drug-likeness (QED) is 0.566. The molecule has 5 rings (SSSR count). The van der Waals surface area contributed by atoms with Crippen molar-refractivity contribution in [2.45, 2.75) is 65.1 Å². The lowest BCUT2D eigenvalue weighted by Crippen LogP contribution is -2.46. The summed E-state index contributed by atoms with van der Waals surface area (Å²) in [7, 11) is 0. The van der Waals surface area contributed by atoms with E-state index in [1.54, 1.807) is 0 Å². The molecule has 1 saturated carbocycles. The first kappa shape index (κ1) is 25.4. The maximum absolute atomic E-state index is 13.2. The number of nitrogens with zero attached hydrogens (tertiary/aromatic N) is 2. The van der Waals surface area contributed by atoms with Gasteiger partial charge in [0, 0.05) is 29.6 Å². The number of amides is 2. The molecule has 0 aromatic heterocycles. The van der Waals surface area contributed by atoms with Gasteiger partial charge in [0.25, 0.3) is 11.8 Å². The smallest absolute Gasteiger partial charge is 0.261 e. The summed E-state index contributed by atoms with van der Waals surface area (Å²) in [5, 5.41) is 12.3. The van der Waals surface area contributed by atoms with Gasteiger partial charge in [-0.3, -0.25) is 14.5 Å². The van der Waals surface area contributed by atoms with Gasteiger partial charge >= 0.3 is 0 Å². The van der Waals surface area contributed by atoms with E-state index < -0.39 is 6.10 Å². The third-order valence-electron chi connectivity index (χ3n) is 8.34. The Morgan fingerprint density at radius 1 is 1.03 bits per heavy atom. The van der Waals surface area contributed by atoms with Crippen LogP contribution < -0.4 is 0 Å². The molecule has 2 fully saturated rings. The van der Waals surface area contributed by atoms with Crippen molar-refractivity contribution in [2.24, 2.45) is 17.3 Å². The Morgan fingerprint density at radius 2 is 1.67 bits per heavy atom. The molecule has 1 N–H and O–H groups in total. The molecular formula is C30H40N2O4. The van der Waals surface area contributed by atoms with E-state index in [2.05, 4.69) is 25.7 Å². The summed E-state index contributed by atoms with van der Waals surface area (Å²) in [6, 6.07) is 11.3. The van der Waals surface area contributed by atoms with E-state index in [4.69, 9.17) is 4.74 Å². The number of carbonyl (C=O) groups is 2. The maximum Gasteiger partial charge on any atom is 0.261 e. The standard InChI is InChI=1S/C30H40N2O4/c1-20-14-24(16-30(2,3)15-20)36-19-23(33)18-31-12-10-21(11-13-31)17-32-28(34)25-8-4-6-22-7-5-9-26(27(22)25)29(32)35/h4-9,20-21,23-24,33H,10-19H2,1-3H3/t20-,23+,24+/m0/s1. The average Bonchev–Trinajstić information content (AvgIpc) is 2.83. The van der Waals surface area contributed by atoms with E-state index in [1.807, 2.05) is 36.4 Å². The van der Waals surface area contributed by atoms with E-state index in [-0.39, 0.29) is 23.8 Å². The number of aliphatic hydroxyl groups excluding tert-OH is 1. The number of carbonyl (C=O) groups excluding carboxylic acids is 2. The van der Waals surface area contributed by atoms with Gasteiger partial charge in [-0.1, -0.05) is 45.0 Å². The molecular weight excluding hydrogens is 452 g/mol. The zero-order valence-corrected chi connectivity index (χ0v) is 21.9. The highest BCUT2D eigenvalue weighted by Crippen LogP contribution is 2.39. The third-order valence-corrected chi connectivity index (χ3v) is 8.34. The number of ether oxygens (including phenoxy) is 1. The number of rotatable bonds is 7. The summed E-state index contributed by atoms with van der Waals surface area (Å²) in [6.45, 7) is 10.1. The number of hydrogen-bond acceptors (Lipinski definition) is 5. The van der Waals surface area contributed by atoms with E-state index >= 15 is 0 Å². The second-order valence-electron chi connectivity index (χ2n) is 12.2. The lowest BCUT2D eigenvalue weighted by atomic mass is 9.71. The minimum Gasteiger partial charge on any atom is -0.389 e. The van der Waals surface area contributed by atoms with Crippen LogP contribution in [0.4, 0.5) is 0 Å². The molecule has 1 aliphatic carbocycles. The van der Waals surface area contributed by atoms with Crippen LogP contribution in [0.5, 0.6) is 0 Å². The molecule has 194 valence electrons. The zero-order chi connectivity index (χ0) is 25.4. The molecule has 0 spiro atoms. The molecule has 2 aliphatic heterocycles. The summed E-state index contributed by atoms with van der Waals surface area (Å²) in [6.07, 6.45) is 4.93. The molecule has 3 aliphatic rings. The van der Waals surface area contributed by atoms with Crippen LogP contribution in [0.2, 0.25) is 0 Å². The van der Waals surface area contributed by atoms with Crippen molar-refractivity contribution in [2.75, 3.05) is 32.8 Å². The minimum atomic E-state index is -0.496. The first-order valence-corrected chi connectivity index (χ1v) is 13.6. The van der Waals surface area contributed by atoms with Gasteiger partial charge in [0.1, 0.15) is 0 Å². The Hall–Kier alpha value is -2.28. The first-order chi connectivity index (χ1) is 17.2. The van der Waals surface area contributed by atoms with Crippen molar-refractivity contribution in [1.29, 1.82) is 0 Å². The number of imide groups is 1. The van der Waals surface area contributed by atoms with Gasteiger partial charge in [0.15, 0.2) is 0 Å². The van der Waals surface area contributed by atoms with Gasteiger partial charge in [0.05, 0.1) is 18.8 Å². The molecule has 0 bridgehead atoms. The Labute approximate surface area is 214 Å². The summed E-state index contributed by atoms with van der Waals surface area (Å²) >= 11 is 0. The summed E-state index contributed by atoms with van der Waals surface area (Å²) in [5.41, 5.74) is 1.55. The van der Waals surface area contributed by atoms with Crippen LogP contribution >= 0.6 is 0 Å². The fourth-order valence-electron chi connectivity index (χ4n) is 6.84. The number of β-amino-alcohol motifs (C(OH)–C–C–N with tert-alkyl or cyclic N) is 1. The Bertz CT molecular complexity index is 1070. The second kappa shape index (κ2) is 10.2. The van der Waals surface area contributed by atoms with Crippen molar-refractivity contribution in [3.8, 4) is 0 Å². The minimum absolute atomic E-state index is 0.181. The van der Waals surface area contributed by atoms with Crippen LogP contribution in [-0.2, 0) is 4.74 Å². The number of aliphatic hydroxyl groups is 1. The molecule has 0 unspecified atom stereocenters. The van der Waals surface area contributed by atoms with Gasteiger partial charge in [-0.15, -0.1) is 0 Å². The fourth-order valence-corrected chi connectivity index (χ4v) is 6.84. The molecule has 1 saturated heterocycles. The van der Waals surface area contributed by atoms with Gasteiger partial charge in [-0.25, -0.2) is 0 Å². The van der Waals surface area contributed by atoms with E-state index in [1.165, 1.54) is 11.3 Å². The van der Waals surface area contributed by atoms with Gasteiger partial charge in [-0.05, 0) is 80.0 Å². The normalized spacial score (nSPS) is 25.9. The second-order valence-corrected chi connectivity index (χ2v) is 12.2. The number of piperidine rings is 1. The largest absolute Gasteiger partial charge is 0.389 e. The summed E-state index contributed by atoms with van der Waals surface area (Å²) in [5.74, 6) is 0.576. The Morgan fingerprint density at radius 3 is 2.28 bits per heavy atom. The van der Waals surface area contributed by atoms with Crippen molar-refractivity contribution in [3.63, 3.8) is 0 Å². The highest BCUT2D eigenvalue weighted by atomic mass is 16.5. The number of likely N-dealkylation sites (tertiary alicyclic amines) is 1. The van der Waals surface area contributed by atoms with Crippen molar-refractivity contribution in [1.82, 2.24) is 9.80 Å². The van der Waals surface area contributed by atoms with E-state index in [9.17, 15) is 14.7 Å². The van der Waals surface area contributed by atoms with E-state index in [0.717, 1.165) is 49.5 Å². The van der Waals surface area contributed by atoms with Crippen molar-refractivity contribution < 1.29 is 19.4 Å². The number of benzene rings is 2. The highest BCUT2D eigenvalue weighted by Gasteiger charge is 2.35. The molecule has 2 amide bonds. The van der Waals surface area contributed by atoms with Crippen LogP contribution in [0.15, 0.2) is 36.4 Å². The fraction of sp³-hybridized carbons (Fsp3) is 0.600. The number of hydrogen-bond donors (Lipinski definition) is 1. The molecule has 36 heavy (non-hydrogen) atoms. The topological polar surface area (TPSA) is 70.1 Å². The van der Waals surface area contributed by atoms with Crippen LogP contribution in [0.1, 0.15) is 73.6 Å². The average molecular weight is 493 g/mol. The molecule has 6 nitrogen and oxygen atoms in total.